The standard InChI is InChI=1S/C22H22BrNO3S2/c1-13(2)17-6-4-14(3)10-19(17)27-9-8-26-18-7-5-16(23)11-15(18)12-20-21(25)24-22(28)29-20/h4-7,10-13H,8-9H2,1-3H3,(H,24,25,28)/b20-12-. The normalized spacial score (nSPS) is 15.1. The highest BCUT2D eigenvalue weighted by atomic mass is 79.9. The average molecular weight is 492 g/mol. The predicted octanol–water partition coefficient (Wildman–Crippen LogP) is 5.83. The number of thioether (sulfide) groups is 1. The zero-order chi connectivity index (χ0) is 21.0. The summed E-state index contributed by atoms with van der Waals surface area (Å²) >= 11 is 9.77. The van der Waals surface area contributed by atoms with E-state index in [1.807, 2.05) is 18.2 Å². The minimum atomic E-state index is -0.185. The molecule has 0 radical (unpaired) electrons. The summed E-state index contributed by atoms with van der Waals surface area (Å²) in [5, 5.41) is 2.63. The number of rotatable bonds is 7. The number of benzene rings is 2. The largest absolute Gasteiger partial charge is 0.490 e. The first kappa shape index (κ1) is 21.9. The van der Waals surface area contributed by atoms with Gasteiger partial charge in [0.1, 0.15) is 29.0 Å². The van der Waals surface area contributed by atoms with Gasteiger partial charge in [0.2, 0.25) is 0 Å². The number of halogens is 1. The highest BCUT2D eigenvalue weighted by molar-refractivity contribution is 9.10. The molecule has 4 nitrogen and oxygen atoms in total. The first-order valence-corrected chi connectivity index (χ1v) is 11.3. The predicted molar refractivity (Wildman–Crippen MR) is 127 cm³/mol. The fourth-order valence-electron chi connectivity index (χ4n) is 2.87. The van der Waals surface area contributed by atoms with Gasteiger partial charge >= 0.3 is 0 Å². The van der Waals surface area contributed by atoms with Crippen LogP contribution in [-0.2, 0) is 4.79 Å². The molecule has 2 aromatic rings. The van der Waals surface area contributed by atoms with Crippen LogP contribution in [0.3, 0.4) is 0 Å². The summed E-state index contributed by atoms with van der Waals surface area (Å²) in [6.45, 7) is 7.17. The topological polar surface area (TPSA) is 47.6 Å². The Bertz CT molecular complexity index is 973. The lowest BCUT2D eigenvalue weighted by atomic mass is 10.0. The van der Waals surface area contributed by atoms with E-state index in [0.29, 0.717) is 34.1 Å². The summed E-state index contributed by atoms with van der Waals surface area (Å²) in [5.74, 6) is 1.78. The number of carbonyl (C=O) groups is 1. The number of hydrogen-bond donors (Lipinski definition) is 1. The van der Waals surface area contributed by atoms with Gasteiger partial charge in [-0.1, -0.05) is 65.9 Å². The van der Waals surface area contributed by atoms with Crippen molar-refractivity contribution in [2.24, 2.45) is 0 Å². The summed E-state index contributed by atoms with van der Waals surface area (Å²) in [6, 6.07) is 12.0. The molecular weight excluding hydrogens is 470 g/mol. The third kappa shape index (κ3) is 5.84. The van der Waals surface area contributed by atoms with Gasteiger partial charge in [-0.3, -0.25) is 4.79 Å². The van der Waals surface area contributed by atoms with Crippen LogP contribution in [0, 0.1) is 6.92 Å². The van der Waals surface area contributed by atoms with Crippen LogP contribution in [0.25, 0.3) is 6.08 Å². The van der Waals surface area contributed by atoms with Crippen molar-refractivity contribution in [3.63, 3.8) is 0 Å². The lowest BCUT2D eigenvalue weighted by Crippen LogP contribution is -2.17. The molecule has 1 heterocycles. The van der Waals surface area contributed by atoms with Gasteiger partial charge in [0.15, 0.2) is 0 Å². The van der Waals surface area contributed by atoms with E-state index in [9.17, 15) is 4.79 Å². The van der Waals surface area contributed by atoms with Crippen LogP contribution < -0.4 is 14.8 Å². The van der Waals surface area contributed by atoms with Crippen LogP contribution in [0.4, 0.5) is 0 Å². The molecule has 29 heavy (non-hydrogen) atoms. The molecule has 1 fully saturated rings. The van der Waals surface area contributed by atoms with Crippen molar-refractivity contribution in [1.82, 2.24) is 5.32 Å². The zero-order valence-corrected chi connectivity index (χ0v) is 19.7. The Morgan fingerprint density at radius 3 is 2.52 bits per heavy atom. The maximum Gasteiger partial charge on any atom is 0.263 e. The van der Waals surface area contributed by atoms with Gasteiger partial charge in [0.25, 0.3) is 5.91 Å². The van der Waals surface area contributed by atoms with Gasteiger partial charge in [-0.15, -0.1) is 0 Å². The first-order valence-electron chi connectivity index (χ1n) is 9.24. The molecule has 2 aromatic carbocycles. The minimum Gasteiger partial charge on any atom is -0.490 e. The van der Waals surface area contributed by atoms with E-state index < -0.39 is 0 Å². The lowest BCUT2D eigenvalue weighted by molar-refractivity contribution is -0.115. The molecule has 7 heteroatoms. The summed E-state index contributed by atoms with van der Waals surface area (Å²) in [4.78, 5) is 12.5. The van der Waals surface area contributed by atoms with Crippen molar-refractivity contribution in [3.8, 4) is 11.5 Å². The monoisotopic (exact) mass is 491 g/mol. The second-order valence-corrected chi connectivity index (χ2v) is 9.56. The molecule has 0 bridgehead atoms. The number of carbonyl (C=O) groups excluding carboxylic acids is 1. The van der Waals surface area contributed by atoms with Crippen LogP contribution in [0.15, 0.2) is 45.8 Å². The summed E-state index contributed by atoms with van der Waals surface area (Å²) in [6.07, 6.45) is 1.79. The van der Waals surface area contributed by atoms with Gasteiger partial charge < -0.3 is 14.8 Å². The second-order valence-electron chi connectivity index (χ2n) is 6.93. The highest BCUT2D eigenvalue weighted by Gasteiger charge is 2.22. The van der Waals surface area contributed by atoms with Crippen LogP contribution in [0.1, 0.15) is 36.5 Å². The molecule has 0 aromatic heterocycles. The van der Waals surface area contributed by atoms with Crippen molar-refractivity contribution < 1.29 is 14.3 Å². The number of aryl methyl sites for hydroxylation is 1. The second kappa shape index (κ2) is 9.78. The van der Waals surface area contributed by atoms with Gasteiger partial charge in [-0.05, 0) is 54.3 Å². The summed E-state index contributed by atoms with van der Waals surface area (Å²) in [7, 11) is 0. The molecule has 0 aliphatic carbocycles. The van der Waals surface area contributed by atoms with E-state index >= 15 is 0 Å². The van der Waals surface area contributed by atoms with Gasteiger partial charge in [-0.2, -0.15) is 0 Å². The molecule has 3 rings (SSSR count). The average Bonchev–Trinajstić information content (AvgIpc) is 2.97. The molecule has 0 spiro atoms. The Kier molecular flexibility index (Phi) is 7.38. The van der Waals surface area contributed by atoms with Crippen LogP contribution in [-0.4, -0.2) is 23.4 Å². The molecule has 1 aliphatic heterocycles. The highest BCUT2D eigenvalue weighted by Crippen LogP contribution is 2.31. The Morgan fingerprint density at radius 1 is 1.14 bits per heavy atom. The molecule has 0 atom stereocenters. The van der Waals surface area contributed by atoms with Gasteiger partial charge in [0.05, 0.1) is 4.91 Å². The van der Waals surface area contributed by atoms with Gasteiger partial charge in [0, 0.05) is 10.0 Å². The Morgan fingerprint density at radius 2 is 1.86 bits per heavy atom. The van der Waals surface area contributed by atoms with Crippen molar-refractivity contribution in [1.29, 1.82) is 0 Å². The van der Waals surface area contributed by atoms with Crippen LogP contribution in [0.5, 0.6) is 11.5 Å². The molecule has 0 saturated carbocycles. The van der Waals surface area contributed by atoms with E-state index in [0.717, 1.165) is 21.3 Å². The Labute approximate surface area is 189 Å². The van der Waals surface area contributed by atoms with Crippen molar-refractivity contribution in [2.75, 3.05) is 13.2 Å². The first-order chi connectivity index (χ1) is 13.8. The van der Waals surface area contributed by atoms with Gasteiger partial charge in [-0.25, -0.2) is 0 Å². The van der Waals surface area contributed by atoms with Crippen LogP contribution in [0.2, 0.25) is 0 Å². The van der Waals surface area contributed by atoms with E-state index in [1.165, 1.54) is 17.3 Å². The summed E-state index contributed by atoms with van der Waals surface area (Å²) < 4.78 is 13.3. The minimum absolute atomic E-state index is 0.185. The van der Waals surface area contributed by atoms with Crippen LogP contribution >= 0.6 is 39.9 Å². The quantitative estimate of drug-likeness (QED) is 0.300. The number of nitrogens with one attached hydrogen (secondary N) is 1. The van der Waals surface area contributed by atoms with E-state index in [-0.39, 0.29) is 5.91 Å². The lowest BCUT2D eigenvalue weighted by Gasteiger charge is -2.16. The molecule has 0 unspecified atom stereocenters. The number of amides is 1. The Hall–Kier alpha value is -1.83. The number of ether oxygens (including phenoxy) is 2. The third-order valence-corrected chi connectivity index (χ3v) is 5.95. The maximum absolute atomic E-state index is 12.0. The fraction of sp³-hybridized carbons (Fsp3) is 0.273. The third-order valence-electron chi connectivity index (χ3n) is 4.29. The van der Waals surface area contributed by atoms with E-state index in [2.05, 4.69) is 60.2 Å². The molecule has 1 aliphatic rings. The van der Waals surface area contributed by atoms with Crippen molar-refractivity contribution in [2.45, 2.75) is 26.7 Å². The van der Waals surface area contributed by atoms with E-state index in [1.54, 1.807) is 6.08 Å². The Balaban J connectivity index is 1.68. The summed E-state index contributed by atoms with van der Waals surface area (Å²) in [5.41, 5.74) is 3.16. The zero-order valence-electron chi connectivity index (χ0n) is 16.5. The molecule has 1 amide bonds. The number of hydrogen-bond acceptors (Lipinski definition) is 5. The fourth-order valence-corrected chi connectivity index (χ4v) is 4.29. The van der Waals surface area contributed by atoms with Crippen molar-refractivity contribution in [3.05, 3.63) is 62.5 Å². The molecule has 1 saturated heterocycles. The van der Waals surface area contributed by atoms with Crippen molar-refractivity contribution >= 4 is 56.2 Å². The molecule has 152 valence electrons. The molecule has 1 N–H and O–H groups in total. The molecular formula is C22H22BrNO3S2. The smallest absolute Gasteiger partial charge is 0.263 e. The maximum atomic E-state index is 12.0. The SMILES string of the molecule is Cc1ccc(C(C)C)c(OCCOc2ccc(Br)cc2/C=C2\SC(=S)NC2=O)c1. The number of thiocarbonyl (C=S) groups is 1. The van der Waals surface area contributed by atoms with E-state index in [4.69, 9.17) is 21.7 Å².